The minimum atomic E-state index is -0.666. The van der Waals surface area contributed by atoms with Crippen LogP contribution in [0.15, 0.2) is 24.3 Å². The highest BCUT2D eigenvalue weighted by molar-refractivity contribution is 5.51. The van der Waals surface area contributed by atoms with Crippen molar-refractivity contribution >= 4 is 0 Å². The van der Waals surface area contributed by atoms with Gasteiger partial charge in [0.25, 0.3) is 0 Å². The molecule has 0 saturated carbocycles. The molecule has 0 fully saturated rings. The average molecular weight is 284 g/mol. The van der Waals surface area contributed by atoms with E-state index in [0.717, 1.165) is 39.1 Å². The number of aliphatic hydroxyl groups excluding tert-OH is 1. The molecule has 1 atom stereocenters. The van der Waals surface area contributed by atoms with Crippen LogP contribution in [0.25, 0.3) is 0 Å². The number of aliphatic hydroxyl groups is 1. The zero-order valence-corrected chi connectivity index (χ0v) is 13.7. The highest BCUT2D eigenvalue weighted by Crippen LogP contribution is 2.36. The molecule has 0 radical (unpaired) electrons. The fourth-order valence-electron chi connectivity index (χ4n) is 3.23. The van der Waals surface area contributed by atoms with E-state index in [4.69, 9.17) is 4.74 Å². The lowest BCUT2D eigenvalue weighted by molar-refractivity contribution is 0.212. The van der Waals surface area contributed by atoms with Gasteiger partial charge in [-0.25, -0.2) is 0 Å². The first kappa shape index (κ1) is 15.6. The van der Waals surface area contributed by atoms with Crippen LogP contribution in [0.2, 0.25) is 0 Å². The summed E-state index contributed by atoms with van der Waals surface area (Å²) < 4.78 is 5.49. The van der Waals surface area contributed by atoms with E-state index in [1.807, 2.05) is 19.9 Å². The van der Waals surface area contributed by atoms with Crippen LogP contribution in [-0.4, -0.2) is 12.2 Å². The van der Waals surface area contributed by atoms with Gasteiger partial charge in [-0.15, -0.1) is 0 Å². The summed E-state index contributed by atoms with van der Waals surface area (Å²) in [5, 5.41) is 10.9. The van der Waals surface area contributed by atoms with E-state index in [1.54, 1.807) is 7.11 Å². The molecule has 0 bridgehead atoms. The molecule has 112 valence electrons. The molecular formula is C19H24O2. The molecule has 1 N–H and O–H groups in total. The monoisotopic (exact) mass is 284 g/mol. The molecule has 0 heterocycles. The summed E-state index contributed by atoms with van der Waals surface area (Å²) in [6.45, 7) is 10.2. The van der Waals surface area contributed by atoms with Gasteiger partial charge in [-0.1, -0.05) is 23.8 Å². The van der Waals surface area contributed by atoms with Crippen molar-refractivity contribution in [3.63, 3.8) is 0 Å². The second-order valence-corrected chi connectivity index (χ2v) is 5.91. The Kier molecular flexibility index (Phi) is 4.38. The van der Waals surface area contributed by atoms with E-state index >= 15 is 0 Å². The normalized spacial score (nSPS) is 12.3. The number of hydrogen-bond donors (Lipinski definition) is 1. The van der Waals surface area contributed by atoms with Crippen molar-refractivity contribution in [2.45, 2.75) is 40.7 Å². The lowest BCUT2D eigenvalue weighted by Crippen LogP contribution is -2.09. The first-order valence-corrected chi connectivity index (χ1v) is 7.26. The predicted molar refractivity (Wildman–Crippen MR) is 87.2 cm³/mol. The highest BCUT2D eigenvalue weighted by atomic mass is 16.5. The molecule has 2 aromatic rings. The molecular weight excluding hydrogens is 260 g/mol. The van der Waals surface area contributed by atoms with Crippen molar-refractivity contribution in [1.29, 1.82) is 0 Å². The third kappa shape index (κ3) is 2.96. The molecule has 2 nitrogen and oxygen atoms in total. The van der Waals surface area contributed by atoms with E-state index < -0.39 is 6.10 Å². The van der Waals surface area contributed by atoms with Crippen LogP contribution in [0.4, 0.5) is 0 Å². The average Bonchev–Trinajstić information content (AvgIpc) is 2.35. The molecule has 21 heavy (non-hydrogen) atoms. The van der Waals surface area contributed by atoms with Gasteiger partial charge in [-0.2, -0.15) is 0 Å². The Balaban J connectivity index is 2.63. The number of ether oxygens (including phenoxy) is 1. The summed E-state index contributed by atoms with van der Waals surface area (Å²) in [5.74, 6) is 0.749. The maximum atomic E-state index is 10.9. The van der Waals surface area contributed by atoms with Gasteiger partial charge in [0.15, 0.2) is 0 Å². The smallest absolute Gasteiger partial charge is 0.125 e. The summed E-state index contributed by atoms with van der Waals surface area (Å²) in [6, 6.07) is 8.29. The maximum Gasteiger partial charge on any atom is 0.125 e. The van der Waals surface area contributed by atoms with E-state index in [9.17, 15) is 5.11 Å². The van der Waals surface area contributed by atoms with E-state index in [2.05, 4.69) is 39.0 Å². The second kappa shape index (κ2) is 5.90. The SMILES string of the molecule is COc1cc(C)cc(C)c1C(O)c1c(C)cc(C)cc1C. The molecule has 0 spiro atoms. The Bertz CT molecular complexity index is 649. The van der Waals surface area contributed by atoms with Gasteiger partial charge in [0.2, 0.25) is 0 Å². The number of aryl methyl sites for hydroxylation is 5. The zero-order chi connectivity index (χ0) is 15.7. The highest BCUT2D eigenvalue weighted by Gasteiger charge is 2.21. The molecule has 0 aliphatic rings. The van der Waals surface area contributed by atoms with Crippen molar-refractivity contribution in [3.05, 3.63) is 63.2 Å². The third-order valence-electron chi connectivity index (χ3n) is 4.00. The largest absolute Gasteiger partial charge is 0.496 e. The van der Waals surface area contributed by atoms with Gasteiger partial charge < -0.3 is 9.84 Å². The number of benzene rings is 2. The Morgan fingerprint density at radius 1 is 0.762 bits per heavy atom. The van der Waals surface area contributed by atoms with Gasteiger partial charge in [0.1, 0.15) is 11.9 Å². The minimum absolute atomic E-state index is 0.666. The fraction of sp³-hybridized carbons (Fsp3) is 0.368. The topological polar surface area (TPSA) is 29.5 Å². The molecule has 2 aromatic carbocycles. The first-order chi connectivity index (χ1) is 9.85. The van der Waals surface area contributed by atoms with Crippen LogP contribution in [0.3, 0.4) is 0 Å². The molecule has 0 aliphatic heterocycles. The van der Waals surface area contributed by atoms with Crippen molar-refractivity contribution in [2.24, 2.45) is 0 Å². The van der Waals surface area contributed by atoms with Crippen LogP contribution in [0, 0.1) is 34.6 Å². The lowest BCUT2D eigenvalue weighted by Gasteiger charge is -2.22. The second-order valence-electron chi connectivity index (χ2n) is 5.91. The summed E-state index contributed by atoms with van der Waals surface area (Å²) in [6.07, 6.45) is -0.666. The summed E-state index contributed by atoms with van der Waals surface area (Å²) >= 11 is 0. The quantitative estimate of drug-likeness (QED) is 0.909. The standard InChI is InChI=1S/C19H24O2/c1-11-7-13(3)17(14(4)8-11)19(20)18-15(5)9-12(2)10-16(18)21-6/h7-10,19-20H,1-6H3. The Labute approximate surface area is 127 Å². The lowest BCUT2D eigenvalue weighted by atomic mass is 9.89. The molecule has 0 aliphatic carbocycles. The van der Waals surface area contributed by atoms with Gasteiger partial charge in [-0.3, -0.25) is 0 Å². The van der Waals surface area contributed by atoms with Crippen molar-refractivity contribution < 1.29 is 9.84 Å². The molecule has 0 amide bonds. The van der Waals surface area contributed by atoms with Crippen LogP contribution in [0.1, 0.15) is 45.0 Å². The van der Waals surface area contributed by atoms with Crippen LogP contribution < -0.4 is 4.74 Å². The van der Waals surface area contributed by atoms with Gasteiger partial charge in [-0.05, 0) is 68.5 Å². The van der Waals surface area contributed by atoms with Gasteiger partial charge in [0.05, 0.1) is 7.11 Å². The molecule has 0 saturated heterocycles. The Hall–Kier alpha value is -1.80. The summed E-state index contributed by atoms with van der Waals surface area (Å²) in [4.78, 5) is 0. The van der Waals surface area contributed by atoms with Crippen LogP contribution in [0.5, 0.6) is 5.75 Å². The molecule has 1 unspecified atom stereocenters. The third-order valence-corrected chi connectivity index (χ3v) is 4.00. The van der Waals surface area contributed by atoms with Crippen LogP contribution in [-0.2, 0) is 0 Å². The molecule has 2 rings (SSSR count). The molecule has 0 aromatic heterocycles. The fourth-order valence-corrected chi connectivity index (χ4v) is 3.23. The summed E-state index contributed by atoms with van der Waals surface area (Å²) in [7, 11) is 1.65. The van der Waals surface area contributed by atoms with Crippen molar-refractivity contribution in [2.75, 3.05) is 7.11 Å². The summed E-state index contributed by atoms with van der Waals surface area (Å²) in [5.41, 5.74) is 7.47. The van der Waals surface area contributed by atoms with Crippen molar-refractivity contribution in [1.82, 2.24) is 0 Å². The predicted octanol–water partition coefficient (Wildman–Crippen LogP) is 4.32. The zero-order valence-electron chi connectivity index (χ0n) is 13.7. The van der Waals surface area contributed by atoms with E-state index in [0.29, 0.717) is 0 Å². The number of methoxy groups -OCH3 is 1. The maximum absolute atomic E-state index is 10.9. The Morgan fingerprint density at radius 2 is 1.19 bits per heavy atom. The molecule has 2 heteroatoms. The van der Waals surface area contributed by atoms with Crippen LogP contribution >= 0.6 is 0 Å². The van der Waals surface area contributed by atoms with Gasteiger partial charge in [0, 0.05) is 5.56 Å². The number of hydrogen-bond acceptors (Lipinski definition) is 2. The van der Waals surface area contributed by atoms with E-state index in [-0.39, 0.29) is 0 Å². The van der Waals surface area contributed by atoms with Gasteiger partial charge >= 0.3 is 0 Å². The van der Waals surface area contributed by atoms with Crippen molar-refractivity contribution in [3.8, 4) is 5.75 Å². The number of rotatable bonds is 3. The van der Waals surface area contributed by atoms with E-state index in [1.165, 1.54) is 5.56 Å². The first-order valence-electron chi connectivity index (χ1n) is 7.26. The Morgan fingerprint density at radius 3 is 1.67 bits per heavy atom. The minimum Gasteiger partial charge on any atom is -0.496 e.